The van der Waals surface area contributed by atoms with Gasteiger partial charge in [-0.15, -0.1) is 0 Å². The molecule has 20 heavy (non-hydrogen) atoms. The second kappa shape index (κ2) is 4.14. The van der Waals surface area contributed by atoms with Crippen LogP contribution in [0.3, 0.4) is 0 Å². The van der Waals surface area contributed by atoms with E-state index in [0.29, 0.717) is 16.5 Å². The predicted octanol–water partition coefficient (Wildman–Crippen LogP) is 2.43. The lowest BCUT2D eigenvalue weighted by Crippen LogP contribution is -2.37. The fourth-order valence-electron chi connectivity index (χ4n) is 2.64. The van der Waals surface area contributed by atoms with E-state index in [1.54, 1.807) is 25.8 Å². The largest absolute Gasteiger partial charge is 0.364 e. The lowest BCUT2D eigenvalue weighted by molar-refractivity contribution is -0.137. The number of amides is 1. The summed E-state index contributed by atoms with van der Waals surface area (Å²) in [5.74, 6) is 0.491. The van der Waals surface area contributed by atoms with Gasteiger partial charge in [-0.3, -0.25) is 4.79 Å². The summed E-state index contributed by atoms with van der Waals surface area (Å²) < 4.78 is 5.45. The van der Waals surface area contributed by atoms with Gasteiger partial charge in [0.1, 0.15) is 11.0 Å². The van der Waals surface area contributed by atoms with Crippen LogP contribution in [0.2, 0.25) is 5.15 Å². The number of halogens is 1. The molecule has 1 amide bonds. The van der Waals surface area contributed by atoms with Crippen LogP contribution >= 0.6 is 11.6 Å². The van der Waals surface area contributed by atoms with E-state index in [9.17, 15) is 4.79 Å². The van der Waals surface area contributed by atoms with E-state index in [-0.39, 0.29) is 5.91 Å². The molecule has 0 saturated carbocycles. The van der Waals surface area contributed by atoms with Crippen molar-refractivity contribution >= 4 is 34.1 Å². The van der Waals surface area contributed by atoms with Crippen LogP contribution in [0.5, 0.6) is 0 Å². The van der Waals surface area contributed by atoms with Gasteiger partial charge < -0.3 is 9.64 Å². The minimum Gasteiger partial charge on any atom is -0.364 e. The Hall–Kier alpha value is -1.72. The second-order valence-electron chi connectivity index (χ2n) is 5.05. The minimum absolute atomic E-state index is 0.105. The molecule has 6 heteroatoms. The number of carbonyl (C=O) groups excluding carboxylic acids is 1. The summed E-state index contributed by atoms with van der Waals surface area (Å²) in [4.78, 5) is 22.5. The molecule has 0 bridgehead atoms. The van der Waals surface area contributed by atoms with E-state index in [2.05, 4.69) is 9.97 Å². The monoisotopic (exact) mass is 291 g/mol. The van der Waals surface area contributed by atoms with Gasteiger partial charge in [-0.2, -0.15) is 0 Å². The molecule has 0 aliphatic carbocycles. The lowest BCUT2D eigenvalue weighted by Gasteiger charge is -2.21. The molecule has 1 unspecified atom stereocenters. The highest BCUT2D eigenvalue weighted by Crippen LogP contribution is 2.43. The van der Waals surface area contributed by atoms with Crippen LogP contribution in [0.25, 0.3) is 10.9 Å². The molecule has 1 aliphatic heterocycles. The Morgan fingerprint density at radius 2 is 2.05 bits per heavy atom. The Morgan fingerprint density at radius 1 is 1.35 bits per heavy atom. The maximum Gasteiger partial charge on any atom is 0.263 e. The first-order valence-corrected chi connectivity index (χ1v) is 6.58. The molecule has 0 spiro atoms. The molecule has 0 radical (unpaired) electrons. The number of nitrogens with zero attached hydrogens (tertiary/aromatic N) is 3. The summed E-state index contributed by atoms with van der Waals surface area (Å²) in [6.07, 6.45) is 0. The van der Waals surface area contributed by atoms with E-state index in [1.807, 2.05) is 12.1 Å². The lowest BCUT2D eigenvalue weighted by atomic mass is 9.96. The van der Waals surface area contributed by atoms with E-state index >= 15 is 0 Å². The van der Waals surface area contributed by atoms with Crippen LogP contribution in [0, 0.1) is 6.92 Å². The van der Waals surface area contributed by atoms with E-state index in [4.69, 9.17) is 16.3 Å². The molecule has 0 N–H and O–H groups in total. The highest BCUT2D eigenvalue weighted by Gasteiger charge is 2.46. The highest BCUT2D eigenvalue weighted by molar-refractivity contribution is 6.34. The molecule has 1 atom stereocenters. The van der Waals surface area contributed by atoms with Crippen LogP contribution in [-0.2, 0) is 15.1 Å². The van der Waals surface area contributed by atoms with Gasteiger partial charge in [0.2, 0.25) is 0 Å². The van der Waals surface area contributed by atoms with Crippen molar-refractivity contribution in [3.05, 3.63) is 28.7 Å². The zero-order valence-corrected chi connectivity index (χ0v) is 12.4. The first-order valence-electron chi connectivity index (χ1n) is 6.20. The zero-order valence-electron chi connectivity index (χ0n) is 11.7. The Balaban J connectivity index is 2.38. The van der Waals surface area contributed by atoms with Crippen molar-refractivity contribution in [3.63, 3.8) is 0 Å². The molecular weight excluding hydrogens is 278 g/mol. The van der Waals surface area contributed by atoms with Crippen LogP contribution in [0.15, 0.2) is 12.1 Å². The van der Waals surface area contributed by atoms with Gasteiger partial charge in [0.05, 0.1) is 11.2 Å². The number of ether oxygens (including phenoxy) is 1. The van der Waals surface area contributed by atoms with Crippen molar-refractivity contribution < 1.29 is 9.53 Å². The second-order valence-corrected chi connectivity index (χ2v) is 5.41. The van der Waals surface area contributed by atoms with Crippen molar-refractivity contribution in [1.29, 1.82) is 0 Å². The Morgan fingerprint density at radius 3 is 2.70 bits per heavy atom. The number of hydrogen-bond acceptors (Lipinski definition) is 4. The molecule has 0 saturated heterocycles. The van der Waals surface area contributed by atoms with Crippen molar-refractivity contribution in [3.8, 4) is 0 Å². The van der Waals surface area contributed by atoms with Crippen LogP contribution < -0.4 is 4.90 Å². The number of methoxy groups -OCH3 is 1. The molecule has 2 heterocycles. The van der Waals surface area contributed by atoms with Gasteiger partial charge in [-0.25, -0.2) is 9.97 Å². The van der Waals surface area contributed by atoms with Crippen molar-refractivity contribution in [2.24, 2.45) is 0 Å². The zero-order chi connectivity index (χ0) is 14.7. The van der Waals surface area contributed by atoms with Gasteiger partial charge in [0.25, 0.3) is 5.91 Å². The number of aryl methyl sites for hydroxylation is 1. The van der Waals surface area contributed by atoms with Gasteiger partial charge in [0.15, 0.2) is 5.60 Å². The average Bonchev–Trinajstić information content (AvgIpc) is 2.60. The van der Waals surface area contributed by atoms with E-state index in [1.165, 1.54) is 7.11 Å². The molecule has 1 aliphatic rings. The van der Waals surface area contributed by atoms with Gasteiger partial charge in [-0.05, 0) is 26.0 Å². The van der Waals surface area contributed by atoms with E-state index < -0.39 is 5.60 Å². The normalized spacial score (nSPS) is 21.6. The Labute approximate surface area is 121 Å². The fourth-order valence-corrected chi connectivity index (χ4v) is 2.91. The summed E-state index contributed by atoms with van der Waals surface area (Å²) in [5, 5.41) is 1.12. The smallest absolute Gasteiger partial charge is 0.263 e. The molecule has 2 aromatic rings. The van der Waals surface area contributed by atoms with Gasteiger partial charge in [-0.1, -0.05) is 11.6 Å². The minimum atomic E-state index is -0.983. The molecule has 104 valence electrons. The van der Waals surface area contributed by atoms with Gasteiger partial charge >= 0.3 is 0 Å². The molecule has 0 fully saturated rings. The summed E-state index contributed by atoms with van der Waals surface area (Å²) in [7, 11) is 3.25. The first kappa shape index (κ1) is 13.3. The Kier molecular flexibility index (Phi) is 2.74. The van der Waals surface area contributed by atoms with E-state index in [0.717, 1.165) is 16.6 Å². The number of likely N-dealkylation sites (N-methyl/N-ethyl adjacent to an activating group) is 1. The van der Waals surface area contributed by atoms with Crippen LogP contribution in [-0.4, -0.2) is 30.0 Å². The third-order valence-electron chi connectivity index (χ3n) is 3.87. The first-order chi connectivity index (χ1) is 9.38. The van der Waals surface area contributed by atoms with Crippen molar-refractivity contribution in [2.45, 2.75) is 19.4 Å². The third-order valence-corrected chi connectivity index (χ3v) is 4.16. The number of anilines is 1. The number of benzene rings is 1. The predicted molar refractivity (Wildman–Crippen MR) is 77.1 cm³/mol. The summed E-state index contributed by atoms with van der Waals surface area (Å²) in [6, 6.07) is 3.70. The standard InChI is InChI=1S/C14H14ClN3O2/c1-7-16-10-6-9-11(5-8(10)12(15)17-7)18(3)13(19)14(9,2)20-4/h5-6H,1-4H3. The highest BCUT2D eigenvalue weighted by atomic mass is 35.5. The van der Waals surface area contributed by atoms with Crippen LogP contribution in [0.1, 0.15) is 18.3 Å². The summed E-state index contributed by atoms with van der Waals surface area (Å²) in [5.41, 5.74) is 1.31. The number of fused-ring (bicyclic) bond motifs is 2. The number of hydrogen-bond donors (Lipinski definition) is 0. The third kappa shape index (κ3) is 1.57. The number of aromatic nitrogens is 2. The summed E-state index contributed by atoms with van der Waals surface area (Å²) >= 11 is 6.17. The Bertz CT molecular complexity index is 747. The quantitative estimate of drug-likeness (QED) is 0.757. The molecular formula is C14H14ClN3O2. The number of rotatable bonds is 1. The molecule has 1 aromatic heterocycles. The fraction of sp³-hybridized carbons (Fsp3) is 0.357. The molecule has 1 aromatic carbocycles. The number of carbonyl (C=O) groups is 1. The van der Waals surface area contributed by atoms with Gasteiger partial charge in [0, 0.05) is 25.1 Å². The van der Waals surface area contributed by atoms with Crippen LogP contribution in [0.4, 0.5) is 5.69 Å². The topological polar surface area (TPSA) is 55.3 Å². The van der Waals surface area contributed by atoms with Crippen molar-refractivity contribution in [1.82, 2.24) is 9.97 Å². The molecule has 3 rings (SSSR count). The SMILES string of the molecule is COC1(C)C(=O)N(C)c2cc3c(Cl)nc(C)nc3cc21. The maximum absolute atomic E-state index is 12.4. The summed E-state index contributed by atoms with van der Waals surface area (Å²) in [6.45, 7) is 3.55. The van der Waals surface area contributed by atoms with Crippen molar-refractivity contribution in [2.75, 3.05) is 19.1 Å². The maximum atomic E-state index is 12.4. The molecule has 5 nitrogen and oxygen atoms in total. The average molecular weight is 292 g/mol.